The molecule has 2 amide bonds. The predicted octanol–water partition coefficient (Wildman–Crippen LogP) is 2.02. The SMILES string of the molecule is O=C(O)NCc1noc(CCCCCNC(=O)COCc2ccc(F)cc2)n1. The lowest BCUT2D eigenvalue weighted by atomic mass is 10.2. The largest absolute Gasteiger partial charge is 0.465 e. The summed E-state index contributed by atoms with van der Waals surface area (Å²) in [5, 5.41) is 17.1. The molecule has 10 heteroatoms. The second-order valence-corrected chi connectivity index (χ2v) is 6.04. The zero-order chi connectivity index (χ0) is 20.2. The van der Waals surface area contributed by atoms with Gasteiger partial charge in [0.05, 0.1) is 13.2 Å². The number of carbonyl (C=O) groups is 2. The molecule has 2 aromatic rings. The molecular weight excluding hydrogens is 371 g/mol. The molecule has 0 unspecified atom stereocenters. The molecule has 0 fully saturated rings. The summed E-state index contributed by atoms with van der Waals surface area (Å²) in [6, 6.07) is 5.92. The van der Waals surface area contributed by atoms with Crippen LogP contribution < -0.4 is 10.6 Å². The van der Waals surface area contributed by atoms with Crippen molar-refractivity contribution in [1.29, 1.82) is 0 Å². The summed E-state index contributed by atoms with van der Waals surface area (Å²) in [5.41, 5.74) is 0.803. The number of aromatic nitrogens is 2. The minimum atomic E-state index is -1.14. The number of carboxylic acid groups (broad SMARTS) is 1. The Labute approximate surface area is 161 Å². The van der Waals surface area contributed by atoms with Crippen molar-refractivity contribution in [1.82, 2.24) is 20.8 Å². The number of amides is 2. The van der Waals surface area contributed by atoms with Crippen LogP contribution in [0.3, 0.4) is 0 Å². The molecule has 1 aromatic carbocycles. The second-order valence-electron chi connectivity index (χ2n) is 6.04. The summed E-state index contributed by atoms with van der Waals surface area (Å²) in [5.74, 6) is 0.247. The highest BCUT2D eigenvalue weighted by Crippen LogP contribution is 2.05. The second kappa shape index (κ2) is 11.7. The van der Waals surface area contributed by atoms with Gasteiger partial charge in [-0.25, -0.2) is 9.18 Å². The van der Waals surface area contributed by atoms with E-state index in [1.807, 2.05) is 0 Å². The van der Waals surface area contributed by atoms with Gasteiger partial charge in [-0.05, 0) is 30.5 Å². The number of hydrogen-bond acceptors (Lipinski definition) is 6. The summed E-state index contributed by atoms with van der Waals surface area (Å²) in [7, 11) is 0. The first-order valence-electron chi connectivity index (χ1n) is 8.90. The Morgan fingerprint density at radius 3 is 2.68 bits per heavy atom. The number of benzene rings is 1. The highest BCUT2D eigenvalue weighted by molar-refractivity contribution is 5.77. The van der Waals surface area contributed by atoms with Crippen molar-refractivity contribution in [3.63, 3.8) is 0 Å². The standard InChI is InChI=1S/C18H23FN4O5/c19-14-7-5-13(6-8-14)11-27-12-16(24)20-9-3-1-2-4-17-22-15(23-28-17)10-21-18(25)26/h5-8,21H,1-4,9-12H2,(H,20,24)(H,25,26). The van der Waals surface area contributed by atoms with Crippen LogP contribution in [-0.2, 0) is 29.1 Å². The first-order chi connectivity index (χ1) is 13.5. The summed E-state index contributed by atoms with van der Waals surface area (Å²) < 4.78 is 23.1. The molecule has 9 nitrogen and oxygen atoms in total. The third-order valence-electron chi connectivity index (χ3n) is 3.71. The molecule has 3 N–H and O–H groups in total. The molecule has 0 saturated heterocycles. The van der Waals surface area contributed by atoms with E-state index in [1.165, 1.54) is 12.1 Å². The lowest BCUT2D eigenvalue weighted by Crippen LogP contribution is -2.28. The number of hydrogen-bond donors (Lipinski definition) is 3. The fraction of sp³-hybridized carbons (Fsp3) is 0.444. The number of nitrogens with zero attached hydrogens (tertiary/aromatic N) is 2. The van der Waals surface area contributed by atoms with Crippen LogP contribution >= 0.6 is 0 Å². The number of halogens is 1. The molecule has 2 rings (SSSR count). The van der Waals surface area contributed by atoms with Crippen LogP contribution in [0.25, 0.3) is 0 Å². The Morgan fingerprint density at radius 2 is 1.93 bits per heavy atom. The molecule has 1 aromatic heterocycles. The fourth-order valence-electron chi connectivity index (χ4n) is 2.32. The number of carbonyl (C=O) groups excluding carboxylic acids is 1. The average Bonchev–Trinajstić information content (AvgIpc) is 3.12. The number of nitrogens with one attached hydrogen (secondary N) is 2. The van der Waals surface area contributed by atoms with Gasteiger partial charge in [-0.15, -0.1) is 0 Å². The van der Waals surface area contributed by atoms with E-state index in [4.69, 9.17) is 14.4 Å². The van der Waals surface area contributed by atoms with Crippen molar-refractivity contribution in [2.45, 2.75) is 38.8 Å². The van der Waals surface area contributed by atoms with E-state index >= 15 is 0 Å². The van der Waals surface area contributed by atoms with Crippen LogP contribution in [0, 0.1) is 5.82 Å². The zero-order valence-corrected chi connectivity index (χ0v) is 15.3. The maximum absolute atomic E-state index is 12.8. The molecule has 0 aliphatic heterocycles. The Balaban J connectivity index is 1.48. The van der Waals surface area contributed by atoms with Crippen molar-refractivity contribution < 1.29 is 28.3 Å². The molecule has 0 aliphatic rings. The number of rotatable bonds is 12. The van der Waals surface area contributed by atoms with Gasteiger partial charge in [0.25, 0.3) is 0 Å². The van der Waals surface area contributed by atoms with E-state index in [9.17, 15) is 14.0 Å². The summed E-state index contributed by atoms with van der Waals surface area (Å²) in [6.45, 7) is 0.749. The van der Waals surface area contributed by atoms with Crippen LogP contribution in [0.4, 0.5) is 9.18 Å². The lowest BCUT2D eigenvalue weighted by Gasteiger charge is -2.06. The molecule has 0 saturated carbocycles. The first-order valence-corrected chi connectivity index (χ1v) is 8.90. The monoisotopic (exact) mass is 394 g/mol. The van der Waals surface area contributed by atoms with Gasteiger partial charge >= 0.3 is 6.09 Å². The first kappa shape index (κ1) is 21.3. The zero-order valence-electron chi connectivity index (χ0n) is 15.3. The smallest absolute Gasteiger partial charge is 0.405 e. The van der Waals surface area contributed by atoms with Crippen LogP contribution in [0.5, 0.6) is 0 Å². The Bertz CT molecular complexity index is 751. The van der Waals surface area contributed by atoms with Crippen molar-refractivity contribution in [2.24, 2.45) is 0 Å². The van der Waals surface area contributed by atoms with Crippen LogP contribution in [0.1, 0.15) is 36.5 Å². The summed E-state index contributed by atoms with van der Waals surface area (Å²) in [4.78, 5) is 26.1. The van der Waals surface area contributed by atoms with Gasteiger partial charge in [0, 0.05) is 13.0 Å². The molecule has 1 heterocycles. The highest BCUT2D eigenvalue weighted by atomic mass is 19.1. The van der Waals surface area contributed by atoms with Gasteiger partial charge in [-0.2, -0.15) is 4.98 Å². The van der Waals surface area contributed by atoms with E-state index in [0.29, 0.717) is 24.7 Å². The highest BCUT2D eigenvalue weighted by Gasteiger charge is 2.07. The van der Waals surface area contributed by atoms with Crippen molar-refractivity contribution in [2.75, 3.05) is 13.2 Å². The molecule has 0 spiro atoms. The summed E-state index contributed by atoms with van der Waals surface area (Å²) in [6.07, 6.45) is 1.92. The molecular formula is C18H23FN4O5. The number of aryl methyl sites for hydroxylation is 1. The van der Waals surface area contributed by atoms with Gasteiger partial charge in [-0.3, -0.25) is 4.79 Å². The van der Waals surface area contributed by atoms with Crippen molar-refractivity contribution >= 4 is 12.0 Å². The maximum atomic E-state index is 12.8. The fourth-order valence-corrected chi connectivity index (χ4v) is 2.32. The van der Waals surface area contributed by atoms with E-state index < -0.39 is 6.09 Å². The van der Waals surface area contributed by atoms with E-state index in [1.54, 1.807) is 12.1 Å². The normalized spacial score (nSPS) is 10.6. The topological polar surface area (TPSA) is 127 Å². The van der Waals surface area contributed by atoms with E-state index in [2.05, 4.69) is 20.8 Å². The minimum absolute atomic E-state index is 0.00803. The van der Waals surface area contributed by atoms with Gasteiger partial charge in [-0.1, -0.05) is 23.7 Å². The van der Waals surface area contributed by atoms with Crippen molar-refractivity contribution in [3.8, 4) is 0 Å². The molecule has 0 atom stereocenters. The molecule has 0 bridgehead atoms. The quantitative estimate of drug-likeness (QED) is 0.470. The molecule has 152 valence electrons. The van der Waals surface area contributed by atoms with E-state index in [-0.39, 0.29) is 31.5 Å². The number of unbranched alkanes of at least 4 members (excludes halogenated alkanes) is 2. The van der Waals surface area contributed by atoms with Gasteiger partial charge in [0.15, 0.2) is 5.82 Å². The van der Waals surface area contributed by atoms with Crippen molar-refractivity contribution in [3.05, 3.63) is 47.4 Å². The van der Waals surface area contributed by atoms with Crippen LogP contribution in [0.2, 0.25) is 0 Å². The predicted molar refractivity (Wildman–Crippen MR) is 95.8 cm³/mol. The third kappa shape index (κ3) is 8.58. The average molecular weight is 394 g/mol. The molecule has 0 aliphatic carbocycles. The minimum Gasteiger partial charge on any atom is -0.465 e. The van der Waals surface area contributed by atoms with Gasteiger partial charge in [0.2, 0.25) is 11.8 Å². The Kier molecular flexibility index (Phi) is 8.86. The molecule has 0 radical (unpaired) electrons. The Morgan fingerprint density at radius 1 is 1.14 bits per heavy atom. The van der Waals surface area contributed by atoms with E-state index in [0.717, 1.165) is 24.8 Å². The third-order valence-corrected chi connectivity index (χ3v) is 3.71. The van der Waals surface area contributed by atoms with Crippen LogP contribution in [-0.4, -0.2) is 40.4 Å². The maximum Gasteiger partial charge on any atom is 0.405 e. The van der Waals surface area contributed by atoms with Gasteiger partial charge < -0.3 is 25.0 Å². The lowest BCUT2D eigenvalue weighted by molar-refractivity contribution is -0.126. The molecule has 28 heavy (non-hydrogen) atoms. The Hall–Kier alpha value is -3.01. The number of ether oxygens (including phenoxy) is 1. The van der Waals surface area contributed by atoms with Crippen LogP contribution in [0.15, 0.2) is 28.8 Å². The summed E-state index contributed by atoms with van der Waals surface area (Å²) >= 11 is 0. The van der Waals surface area contributed by atoms with Gasteiger partial charge in [0.1, 0.15) is 12.4 Å².